The highest BCUT2D eigenvalue weighted by Gasteiger charge is 2.29. The van der Waals surface area contributed by atoms with Gasteiger partial charge in [0.05, 0.1) is 5.92 Å². The summed E-state index contributed by atoms with van der Waals surface area (Å²) in [4.78, 5) is 10.9. The number of rotatable bonds is 0. The van der Waals surface area contributed by atoms with Crippen LogP contribution in [-0.2, 0) is 9.53 Å². The molecule has 1 rings (SSSR count). The van der Waals surface area contributed by atoms with Crippen LogP contribution in [0.4, 0.5) is 0 Å². The number of ether oxygens (including phenoxy) is 1. The minimum absolute atomic E-state index is 0.0210. The standard InChI is InChI=1S/C7H13NO2/c1-4-3-6(8)5(2)10-7(4)9/h4-6H,3,8H2,1-2H3. The molecule has 0 radical (unpaired) electrons. The molecular formula is C7H13NO2. The fourth-order valence-corrected chi connectivity index (χ4v) is 1.08. The molecule has 0 aromatic carbocycles. The van der Waals surface area contributed by atoms with E-state index in [0.29, 0.717) is 0 Å². The molecule has 2 N–H and O–H groups in total. The molecule has 1 saturated heterocycles. The van der Waals surface area contributed by atoms with Crippen molar-refractivity contribution in [3.8, 4) is 0 Å². The van der Waals surface area contributed by atoms with Gasteiger partial charge >= 0.3 is 5.97 Å². The Balaban J connectivity index is 2.54. The Morgan fingerprint density at radius 3 is 2.70 bits per heavy atom. The molecule has 0 saturated carbocycles. The van der Waals surface area contributed by atoms with Crippen LogP contribution in [-0.4, -0.2) is 18.1 Å². The van der Waals surface area contributed by atoms with Crippen LogP contribution in [0.25, 0.3) is 0 Å². The third kappa shape index (κ3) is 1.29. The van der Waals surface area contributed by atoms with Gasteiger partial charge in [0.25, 0.3) is 0 Å². The van der Waals surface area contributed by atoms with Crippen molar-refractivity contribution in [3.63, 3.8) is 0 Å². The molecule has 1 aliphatic heterocycles. The van der Waals surface area contributed by atoms with Crippen molar-refractivity contribution in [2.45, 2.75) is 32.4 Å². The summed E-state index contributed by atoms with van der Waals surface area (Å²) in [6.07, 6.45) is 0.642. The van der Waals surface area contributed by atoms with E-state index in [0.717, 1.165) is 6.42 Å². The number of esters is 1. The first kappa shape index (κ1) is 7.54. The van der Waals surface area contributed by atoms with Gasteiger partial charge in [0.15, 0.2) is 0 Å². The van der Waals surface area contributed by atoms with Gasteiger partial charge in [-0.3, -0.25) is 4.79 Å². The van der Waals surface area contributed by atoms with Gasteiger partial charge in [0.1, 0.15) is 6.10 Å². The molecule has 0 aromatic heterocycles. The molecule has 0 aliphatic carbocycles. The lowest BCUT2D eigenvalue weighted by molar-refractivity contribution is -0.159. The molecule has 3 nitrogen and oxygen atoms in total. The fraction of sp³-hybridized carbons (Fsp3) is 0.857. The topological polar surface area (TPSA) is 52.3 Å². The maximum absolute atomic E-state index is 10.9. The van der Waals surface area contributed by atoms with Gasteiger partial charge in [-0.1, -0.05) is 6.92 Å². The zero-order chi connectivity index (χ0) is 7.72. The molecule has 3 unspecified atom stereocenters. The molecule has 3 heteroatoms. The lowest BCUT2D eigenvalue weighted by Gasteiger charge is -2.28. The first-order valence-corrected chi connectivity index (χ1v) is 3.57. The van der Waals surface area contributed by atoms with Gasteiger partial charge in [-0.05, 0) is 13.3 Å². The third-order valence-electron chi connectivity index (χ3n) is 1.93. The molecule has 3 atom stereocenters. The van der Waals surface area contributed by atoms with E-state index >= 15 is 0 Å². The molecule has 10 heavy (non-hydrogen) atoms. The van der Waals surface area contributed by atoms with E-state index < -0.39 is 0 Å². The Kier molecular flexibility index (Phi) is 1.94. The maximum atomic E-state index is 10.9. The maximum Gasteiger partial charge on any atom is 0.309 e. The van der Waals surface area contributed by atoms with Crippen LogP contribution < -0.4 is 5.73 Å². The normalized spacial score (nSPS) is 41.1. The van der Waals surface area contributed by atoms with Crippen molar-refractivity contribution >= 4 is 5.97 Å². The quantitative estimate of drug-likeness (QED) is 0.496. The summed E-state index contributed by atoms with van der Waals surface area (Å²) in [5, 5.41) is 0. The number of carbonyl (C=O) groups excluding carboxylic acids is 1. The van der Waals surface area contributed by atoms with Crippen LogP contribution in [0.1, 0.15) is 20.3 Å². The van der Waals surface area contributed by atoms with Gasteiger partial charge in [0.2, 0.25) is 0 Å². The van der Waals surface area contributed by atoms with Gasteiger partial charge in [-0.2, -0.15) is 0 Å². The third-order valence-corrected chi connectivity index (χ3v) is 1.93. The van der Waals surface area contributed by atoms with Crippen LogP contribution >= 0.6 is 0 Å². The molecule has 0 bridgehead atoms. The Hall–Kier alpha value is -0.570. The highest BCUT2D eigenvalue weighted by Crippen LogP contribution is 2.17. The highest BCUT2D eigenvalue weighted by atomic mass is 16.5. The van der Waals surface area contributed by atoms with Gasteiger partial charge in [0, 0.05) is 6.04 Å². The zero-order valence-corrected chi connectivity index (χ0v) is 6.33. The fourth-order valence-electron chi connectivity index (χ4n) is 1.08. The van der Waals surface area contributed by atoms with E-state index in [-0.39, 0.29) is 24.0 Å². The van der Waals surface area contributed by atoms with E-state index in [2.05, 4.69) is 0 Å². The van der Waals surface area contributed by atoms with E-state index in [1.807, 2.05) is 13.8 Å². The van der Waals surface area contributed by atoms with Crippen molar-refractivity contribution in [1.29, 1.82) is 0 Å². The van der Waals surface area contributed by atoms with Crippen molar-refractivity contribution in [2.24, 2.45) is 11.7 Å². The lowest BCUT2D eigenvalue weighted by Crippen LogP contribution is -2.44. The molecule has 1 heterocycles. The summed E-state index contributed by atoms with van der Waals surface area (Å²) in [5.41, 5.74) is 5.65. The molecule has 1 aliphatic rings. The number of cyclic esters (lactones) is 1. The summed E-state index contributed by atoms with van der Waals surface area (Å²) in [6.45, 7) is 3.67. The van der Waals surface area contributed by atoms with Crippen LogP contribution in [0, 0.1) is 5.92 Å². The van der Waals surface area contributed by atoms with Crippen molar-refractivity contribution in [1.82, 2.24) is 0 Å². The predicted molar refractivity (Wildman–Crippen MR) is 37.3 cm³/mol. The minimum atomic E-state index is -0.116. The number of hydrogen-bond acceptors (Lipinski definition) is 3. The summed E-state index contributed by atoms with van der Waals surface area (Å²) >= 11 is 0. The molecular weight excluding hydrogens is 130 g/mol. The monoisotopic (exact) mass is 143 g/mol. The minimum Gasteiger partial charge on any atom is -0.461 e. The Bertz CT molecular complexity index is 147. The largest absolute Gasteiger partial charge is 0.461 e. The SMILES string of the molecule is CC1CC(N)C(C)OC1=O. The average molecular weight is 143 g/mol. The van der Waals surface area contributed by atoms with Crippen molar-refractivity contribution < 1.29 is 9.53 Å². The Morgan fingerprint density at radius 1 is 1.60 bits per heavy atom. The highest BCUT2D eigenvalue weighted by molar-refractivity contribution is 5.73. The van der Waals surface area contributed by atoms with E-state index in [1.165, 1.54) is 0 Å². The second-order valence-electron chi connectivity index (χ2n) is 2.94. The second kappa shape index (κ2) is 2.58. The Morgan fingerprint density at radius 2 is 2.20 bits per heavy atom. The molecule has 1 fully saturated rings. The smallest absolute Gasteiger partial charge is 0.309 e. The summed E-state index contributed by atoms with van der Waals surface area (Å²) in [7, 11) is 0. The van der Waals surface area contributed by atoms with Gasteiger partial charge in [-0.25, -0.2) is 0 Å². The first-order valence-electron chi connectivity index (χ1n) is 3.57. The lowest BCUT2D eigenvalue weighted by atomic mass is 9.96. The number of hydrogen-bond donors (Lipinski definition) is 1. The molecule has 0 aromatic rings. The van der Waals surface area contributed by atoms with Crippen LogP contribution in [0.2, 0.25) is 0 Å². The van der Waals surface area contributed by atoms with Crippen LogP contribution in [0.5, 0.6) is 0 Å². The van der Waals surface area contributed by atoms with Gasteiger partial charge in [-0.15, -0.1) is 0 Å². The summed E-state index contributed by atoms with van der Waals surface area (Å²) in [5.74, 6) is -0.139. The van der Waals surface area contributed by atoms with Crippen LogP contribution in [0.15, 0.2) is 0 Å². The second-order valence-corrected chi connectivity index (χ2v) is 2.94. The molecule has 0 spiro atoms. The van der Waals surface area contributed by atoms with Gasteiger partial charge < -0.3 is 10.5 Å². The van der Waals surface area contributed by atoms with Crippen molar-refractivity contribution in [3.05, 3.63) is 0 Å². The summed E-state index contributed by atoms with van der Waals surface area (Å²) < 4.78 is 4.95. The Labute approximate surface area is 60.5 Å². The zero-order valence-electron chi connectivity index (χ0n) is 6.33. The summed E-state index contributed by atoms with van der Waals surface area (Å²) in [6, 6.07) is 0.0210. The van der Waals surface area contributed by atoms with Crippen molar-refractivity contribution in [2.75, 3.05) is 0 Å². The van der Waals surface area contributed by atoms with E-state index in [9.17, 15) is 4.79 Å². The molecule has 58 valence electrons. The first-order chi connectivity index (χ1) is 4.61. The van der Waals surface area contributed by atoms with E-state index in [1.54, 1.807) is 0 Å². The number of nitrogens with two attached hydrogens (primary N) is 1. The van der Waals surface area contributed by atoms with E-state index in [4.69, 9.17) is 10.5 Å². The van der Waals surface area contributed by atoms with Crippen LogP contribution in [0.3, 0.4) is 0 Å². The average Bonchev–Trinajstić information content (AvgIpc) is 1.84. The molecule has 0 amide bonds. The number of carbonyl (C=O) groups is 1. The predicted octanol–water partition coefficient (Wildman–Crippen LogP) is 0.285.